The molecule has 0 unspecified atom stereocenters. The van der Waals surface area contributed by atoms with Gasteiger partial charge in [-0.3, -0.25) is 10.1 Å². The van der Waals surface area contributed by atoms with Crippen molar-refractivity contribution >= 4 is 11.9 Å². The predicted octanol–water partition coefficient (Wildman–Crippen LogP) is 0.644. The van der Waals surface area contributed by atoms with Crippen molar-refractivity contribution in [1.29, 1.82) is 0 Å². The Morgan fingerprint density at radius 3 is 3.23 bits per heavy atom. The molecule has 1 amide bonds. The van der Waals surface area contributed by atoms with E-state index >= 15 is 0 Å². The van der Waals surface area contributed by atoms with Gasteiger partial charge < -0.3 is 9.47 Å². The van der Waals surface area contributed by atoms with Gasteiger partial charge in [-0.1, -0.05) is 11.2 Å². The number of ether oxygens (including phenoxy) is 2. The van der Waals surface area contributed by atoms with Gasteiger partial charge in [-0.05, 0) is 40.1 Å². The Morgan fingerprint density at radius 1 is 1.45 bits per heavy atom. The van der Waals surface area contributed by atoms with E-state index in [1.807, 2.05) is 12.1 Å². The summed E-state index contributed by atoms with van der Waals surface area (Å²) in [5, 5.41) is 13.9. The van der Waals surface area contributed by atoms with Crippen LogP contribution in [-0.2, 0) is 29.0 Å². The highest BCUT2D eigenvalue weighted by Gasteiger charge is 2.15. The maximum atomic E-state index is 12.3. The van der Waals surface area contributed by atoms with Crippen LogP contribution in [0, 0.1) is 0 Å². The number of tetrazole rings is 1. The van der Waals surface area contributed by atoms with Gasteiger partial charge in [-0.2, -0.15) is 0 Å². The topological polar surface area (TPSA) is 91.2 Å². The molecule has 0 aliphatic carbocycles. The number of methoxy groups -OCH3 is 1. The van der Waals surface area contributed by atoms with Crippen molar-refractivity contribution in [3.63, 3.8) is 0 Å². The molecule has 0 fully saturated rings. The van der Waals surface area contributed by atoms with E-state index in [0.29, 0.717) is 37.9 Å². The van der Waals surface area contributed by atoms with Crippen LogP contribution in [0.4, 0.5) is 5.95 Å². The minimum absolute atomic E-state index is 0.234. The number of nitrogens with one attached hydrogen (secondary N) is 1. The number of anilines is 1. The third-order valence-corrected chi connectivity index (χ3v) is 3.51. The normalized spacial score (nSPS) is 13.7. The first-order chi connectivity index (χ1) is 10.8. The lowest BCUT2D eigenvalue weighted by molar-refractivity contribution is 0.102. The van der Waals surface area contributed by atoms with Crippen molar-refractivity contribution in [2.24, 2.45) is 0 Å². The summed E-state index contributed by atoms with van der Waals surface area (Å²) in [6, 6.07) is 5.61. The quantitative estimate of drug-likeness (QED) is 0.872. The highest BCUT2D eigenvalue weighted by atomic mass is 16.5. The predicted molar refractivity (Wildman–Crippen MR) is 77.4 cm³/mol. The molecule has 1 aromatic heterocycles. The van der Waals surface area contributed by atoms with Crippen molar-refractivity contribution < 1.29 is 14.3 Å². The Morgan fingerprint density at radius 2 is 2.36 bits per heavy atom. The van der Waals surface area contributed by atoms with E-state index in [0.717, 1.165) is 17.5 Å². The number of aromatic nitrogens is 4. The zero-order valence-corrected chi connectivity index (χ0v) is 12.3. The largest absolute Gasteiger partial charge is 0.383 e. The highest BCUT2D eigenvalue weighted by molar-refractivity contribution is 6.03. The summed E-state index contributed by atoms with van der Waals surface area (Å²) in [7, 11) is 1.60. The molecule has 3 rings (SSSR count). The minimum atomic E-state index is -0.234. The van der Waals surface area contributed by atoms with Crippen LogP contribution >= 0.6 is 0 Å². The molecule has 1 aliphatic heterocycles. The van der Waals surface area contributed by atoms with Crippen LogP contribution in [0.5, 0.6) is 0 Å². The first-order valence-electron chi connectivity index (χ1n) is 7.04. The van der Waals surface area contributed by atoms with Crippen molar-refractivity contribution in [3.8, 4) is 0 Å². The second-order valence-corrected chi connectivity index (χ2v) is 4.96. The molecule has 0 bridgehead atoms. The average molecular weight is 303 g/mol. The monoisotopic (exact) mass is 303 g/mol. The molecule has 1 aromatic carbocycles. The van der Waals surface area contributed by atoms with Gasteiger partial charge in [0.05, 0.1) is 26.4 Å². The third kappa shape index (κ3) is 3.12. The molecule has 0 radical (unpaired) electrons. The van der Waals surface area contributed by atoms with E-state index in [4.69, 9.17) is 9.47 Å². The van der Waals surface area contributed by atoms with E-state index in [2.05, 4.69) is 20.8 Å². The number of hydrogen-bond donors (Lipinski definition) is 1. The van der Waals surface area contributed by atoms with Crippen LogP contribution < -0.4 is 5.32 Å². The summed E-state index contributed by atoms with van der Waals surface area (Å²) in [4.78, 5) is 12.3. The van der Waals surface area contributed by atoms with Gasteiger partial charge in [0.15, 0.2) is 0 Å². The summed E-state index contributed by atoms with van der Waals surface area (Å²) in [6.07, 6.45) is 0.821. The van der Waals surface area contributed by atoms with Crippen molar-refractivity contribution in [2.75, 3.05) is 25.6 Å². The fraction of sp³-hybridized carbons (Fsp3) is 0.429. The second-order valence-electron chi connectivity index (χ2n) is 4.96. The van der Waals surface area contributed by atoms with Crippen molar-refractivity contribution in [3.05, 3.63) is 34.9 Å². The van der Waals surface area contributed by atoms with Crippen molar-refractivity contribution in [2.45, 2.75) is 19.6 Å². The van der Waals surface area contributed by atoms with Crippen LogP contribution in [0.3, 0.4) is 0 Å². The van der Waals surface area contributed by atoms with Crippen LogP contribution in [-0.4, -0.2) is 46.4 Å². The summed E-state index contributed by atoms with van der Waals surface area (Å²) in [5.74, 6) is 0.0749. The molecule has 0 spiro atoms. The van der Waals surface area contributed by atoms with E-state index in [-0.39, 0.29) is 5.91 Å². The van der Waals surface area contributed by atoms with Gasteiger partial charge >= 0.3 is 0 Å². The van der Waals surface area contributed by atoms with Crippen LogP contribution in [0.2, 0.25) is 0 Å². The van der Waals surface area contributed by atoms with Gasteiger partial charge in [-0.25, -0.2) is 4.68 Å². The number of amides is 1. The molecule has 22 heavy (non-hydrogen) atoms. The molecular formula is C14H17N5O3. The lowest BCUT2D eigenvalue weighted by Crippen LogP contribution is -2.19. The first-order valence-corrected chi connectivity index (χ1v) is 7.04. The number of rotatable bonds is 5. The maximum absolute atomic E-state index is 12.3. The maximum Gasteiger partial charge on any atom is 0.258 e. The van der Waals surface area contributed by atoms with Gasteiger partial charge in [0.25, 0.3) is 5.91 Å². The van der Waals surface area contributed by atoms with Gasteiger partial charge in [0.1, 0.15) is 0 Å². The summed E-state index contributed by atoms with van der Waals surface area (Å²) in [6.45, 7) is 2.23. The Bertz CT molecular complexity index is 670. The van der Waals surface area contributed by atoms with E-state index in [1.165, 1.54) is 4.68 Å². The van der Waals surface area contributed by atoms with Crippen LogP contribution in [0.25, 0.3) is 0 Å². The molecule has 2 heterocycles. The molecule has 0 atom stereocenters. The van der Waals surface area contributed by atoms with E-state index in [9.17, 15) is 4.79 Å². The number of carbonyl (C=O) groups is 1. The zero-order chi connectivity index (χ0) is 15.4. The molecule has 1 N–H and O–H groups in total. The van der Waals surface area contributed by atoms with E-state index < -0.39 is 0 Å². The lowest BCUT2D eigenvalue weighted by atomic mass is 10.00. The zero-order valence-electron chi connectivity index (χ0n) is 12.3. The summed E-state index contributed by atoms with van der Waals surface area (Å²) in [5.41, 5.74) is 2.87. The molecule has 2 aromatic rings. The smallest absolute Gasteiger partial charge is 0.258 e. The second kappa shape index (κ2) is 6.63. The fourth-order valence-corrected chi connectivity index (χ4v) is 2.30. The van der Waals surface area contributed by atoms with Crippen molar-refractivity contribution in [1.82, 2.24) is 20.2 Å². The summed E-state index contributed by atoms with van der Waals surface area (Å²) < 4.78 is 11.9. The Balaban J connectivity index is 1.73. The molecule has 116 valence electrons. The SMILES string of the molecule is COCCn1nnnc1NC(=O)c1ccc2c(c1)CCOC2. The molecule has 1 aliphatic rings. The van der Waals surface area contributed by atoms with Gasteiger partial charge in [0, 0.05) is 12.7 Å². The lowest BCUT2D eigenvalue weighted by Gasteiger charge is -2.17. The Labute approximate surface area is 127 Å². The van der Waals surface area contributed by atoms with Crippen LogP contribution in [0.15, 0.2) is 18.2 Å². The Hall–Kier alpha value is -2.32. The number of carbonyl (C=O) groups excluding carboxylic acids is 1. The number of benzene rings is 1. The van der Waals surface area contributed by atoms with E-state index in [1.54, 1.807) is 13.2 Å². The van der Waals surface area contributed by atoms with Crippen LogP contribution in [0.1, 0.15) is 21.5 Å². The number of fused-ring (bicyclic) bond motifs is 1. The highest BCUT2D eigenvalue weighted by Crippen LogP contribution is 2.19. The molecule has 8 heteroatoms. The number of nitrogens with zero attached hydrogens (tertiary/aromatic N) is 4. The average Bonchev–Trinajstić information content (AvgIpc) is 2.99. The molecule has 0 saturated heterocycles. The Kier molecular flexibility index (Phi) is 4.40. The first kappa shape index (κ1) is 14.6. The van der Waals surface area contributed by atoms with Gasteiger partial charge in [-0.15, -0.1) is 0 Å². The molecule has 0 saturated carbocycles. The standard InChI is InChI=1S/C14H17N5O3/c1-21-7-5-19-14(16-17-18-19)15-13(20)11-2-3-12-9-22-6-4-10(12)8-11/h2-3,8H,4-7,9H2,1H3,(H,15,16,18,20). The van der Waals surface area contributed by atoms with Gasteiger partial charge in [0.2, 0.25) is 5.95 Å². The molecule has 8 nitrogen and oxygen atoms in total. The minimum Gasteiger partial charge on any atom is -0.383 e. The molecular weight excluding hydrogens is 286 g/mol. The fourth-order valence-electron chi connectivity index (χ4n) is 2.30. The third-order valence-electron chi connectivity index (χ3n) is 3.51. The summed E-state index contributed by atoms with van der Waals surface area (Å²) >= 11 is 0. The number of hydrogen-bond acceptors (Lipinski definition) is 6.